The van der Waals surface area contributed by atoms with E-state index in [2.05, 4.69) is 102 Å². The van der Waals surface area contributed by atoms with Crippen LogP contribution in [0.25, 0.3) is 94.7 Å². The molecule has 0 fully saturated rings. The molecule has 0 radical (unpaired) electrons. The van der Waals surface area contributed by atoms with Crippen LogP contribution in [0.3, 0.4) is 0 Å². The van der Waals surface area contributed by atoms with Crippen LogP contribution in [0.15, 0.2) is 158 Å². The average Bonchev–Trinajstić information content (AvgIpc) is 3.66. The number of fused-ring (bicyclic) bond motifs is 7. The molecule has 218 valence electrons. The van der Waals surface area contributed by atoms with Crippen molar-refractivity contribution in [2.75, 3.05) is 0 Å². The van der Waals surface area contributed by atoms with Gasteiger partial charge in [-0.15, -0.1) is 0 Å². The highest BCUT2D eigenvalue weighted by Gasteiger charge is 2.26. The molecule has 4 nitrogen and oxygen atoms in total. The van der Waals surface area contributed by atoms with E-state index in [4.69, 9.17) is 15.0 Å². The zero-order valence-corrected chi connectivity index (χ0v) is 25.3. The van der Waals surface area contributed by atoms with E-state index in [0.29, 0.717) is 17.5 Å². The second kappa shape index (κ2) is 10.1. The van der Waals surface area contributed by atoms with Crippen LogP contribution in [0.2, 0.25) is 0 Å². The van der Waals surface area contributed by atoms with Gasteiger partial charge in [-0.1, -0.05) is 133 Å². The van der Waals surface area contributed by atoms with Crippen LogP contribution < -0.4 is 0 Å². The Morgan fingerprint density at radius 1 is 0.383 bits per heavy atom. The summed E-state index contributed by atoms with van der Waals surface area (Å²) < 4.78 is 2.38. The molecule has 0 spiro atoms. The number of hydrogen-bond donors (Lipinski definition) is 0. The molecule has 9 aromatic rings. The highest BCUT2D eigenvalue weighted by Crippen LogP contribution is 2.52. The maximum atomic E-state index is 5.01. The van der Waals surface area contributed by atoms with Crippen LogP contribution in [-0.2, 0) is 0 Å². The lowest BCUT2D eigenvalue weighted by molar-refractivity contribution is 1.07. The van der Waals surface area contributed by atoms with Crippen LogP contribution in [0.5, 0.6) is 0 Å². The number of rotatable bonds is 4. The topological polar surface area (TPSA) is 43.6 Å². The summed E-state index contributed by atoms with van der Waals surface area (Å²) in [6.07, 6.45) is 0. The van der Waals surface area contributed by atoms with E-state index in [0.717, 1.165) is 22.4 Å². The summed E-state index contributed by atoms with van der Waals surface area (Å²) in [6, 6.07) is 55.5. The monoisotopic (exact) mass is 598 g/mol. The van der Waals surface area contributed by atoms with Gasteiger partial charge in [0.2, 0.25) is 0 Å². The average molecular weight is 599 g/mol. The van der Waals surface area contributed by atoms with Crippen molar-refractivity contribution in [1.82, 2.24) is 19.5 Å². The molecule has 0 atom stereocenters. The van der Waals surface area contributed by atoms with Crippen molar-refractivity contribution in [2.24, 2.45) is 0 Å². The first-order chi connectivity index (χ1) is 23.3. The van der Waals surface area contributed by atoms with Crippen molar-refractivity contribution in [3.8, 4) is 62.1 Å². The lowest BCUT2D eigenvalue weighted by Crippen LogP contribution is -2.01. The second-order valence-electron chi connectivity index (χ2n) is 12.0. The molecule has 0 amide bonds. The van der Waals surface area contributed by atoms with E-state index in [1.807, 2.05) is 60.7 Å². The fraction of sp³-hybridized carbons (Fsp3) is 0. The highest BCUT2D eigenvalue weighted by molar-refractivity contribution is 6.26. The third-order valence-electron chi connectivity index (χ3n) is 9.36. The van der Waals surface area contributed by atoms with Gasteiger partial charge in [-0.3, -0.25) is 0 Å². The van der Waals surface area contributed by atoms with E-state index >= 15 is 0 Å². The van der Waals surface area contributed by atoms with Crippen molar-refractivity contribution in [2.45, 2.75) is 0 Å². The first kappa shape index (κ1) is 25.9. The Hall–Kier alpha value is -6.39. The first-order valence-electron chi connectivity index (χ1n) is 15.9. The zero-order chi connectivity index (χ0) is 30.9. The molecule has 0 N–H and O–H groups in total. The molecule has 0 aliphatic heterocycles. The SMILES string of the molecule is c1ccc(-c2nc(-c3ccccc3)nc(-c3cccc(-n4c5ccccc5c5c6c(ccc54)-c4cccc5cccc-6c45)c3)n2)cc1. The van der Waals surface area contributed by atoms with Gasteiger partial charge < -0.3 is 4.57 Å². The maximum absolute atomic E-state index is 5.01. The first-order valence-corrected chi connectivity index (χ1v) is 15.9. The predicted octanol–water partition coefficient (Wildman–Crippen LogP) is 10.8. The van der Waals surface area contributed by atoms with E-state index in [-0.39, 0.29) is 0 Å². The van der Waals surface area contributed by atoms with Gasteiger partial charge in [0, 0.05) is 38.7 Å². The fourth-order valence-electron chi connectivity index (χ4n) is 7.34. The van der Waals surface area contributed by atoms with Gasteiger partial charge in [0.1, 0.15) is 0 Å². The van der Waals surface area contributed by atoms with Gasteiger partial charge >= 0.3 is 0 Å². The molecule has 2 aromatic heterocycles. The molecule has 1 aliphatic carbocycles. The molecule has 4 heteroatoms. The van der Waals surface area contributed by atoms with E-state index in [9.17, 15) is 0 Å². The number of hydrogen-bond acceptors (Lipinski definition) is 3. The lowest BCUT2D eigenvalue weighted by atomic mass is 9.98. The third-order valence-corrected chi connectivity index (χ3v) is 9.36. The van der Waals surface area contributed by atoms with Gasteiger partial charge in [-0.05, 0) is 51.7 Å². The molecular formula is C43H26N4. The van der Waals surface area contributed by atoms with Crippen molar-refractivity contribution in [3.63, 3.8) is 0 Å². The summed E-state index contributed by atoms with van der Waals surface area (Å²) in [6.45, 7) is 0. The van der Waals surface area contributed by atoms with Crippen LogP contribution in [0.4, 0.5) is 0 Å². The van der Waals surface area contributed by atoms with E-state index < -0.39 is 0 Å². The Kier molecular flexibility index (Phi) is 5.54. The standard InChI is InChI=1S/C43H26N4/c1-3-12-28(13-4-1)41-44-42(29-14-5-2-6-15-29)46-43(45-41)30-18-9-19-31(26-30)47-36-23-8-7-20-34(36)40-37(47)25-24-33-32-21-10-16-27-17-11-22-35(38(27)32)39(33)40/h1-26H. The van der Waals surface area contributed by atoms with Crippen molar-refractivity contribution >= 4 is 32.6 Å². The van der Waals surface area contributed by atoms with Crippen LogP contribution in [0.1, 0.15) is 0 Å². The Morgan fingerprint density at radius 3 is 1.70 bits per heavy atom. The highest BCUT2D eigenvalue weighted by atomic mass is 15.0. The van der Waals surface area contributed by atoms with Crippen molar-refractivity contribution < 1.29 is 0 Å². The summed E-state index contributed by atoms with van der Waals surface area (Å²) in [7, 11) is 0. The van der Waals surface area contributed by atoms with Gasteiger partial charge in [0.15, 0.2) is 17.5 Å². The lowest BCUT2D eigenvalue weighted by Gasteiger charge is -2.12. The molecule has 0 saturated heterocycles. The Labute approximate surface area is 271 Å². The minimum absolute atomic E-state index is 0.642. The number of aromatic nitrogens is 4. The van der Waals surface area contributed by atoms with Crippen LogP contribution in [-0.4, -0.2) is 19.5 Å². The molecule has 1 aliphatic rings. The predicted molar refractivity (Wildman–Crippen MR) is 192 cm³/mol. The Balaban J connectivity index is 1.20. The molecule has 10 rings (SSSR count). The van der Waals surface area contributed by atoms with Gasteiger partial charge in [0.25, 0.3) is 0 Å². The van der Waals surface area contributed by atoms with Crippen molar-refractivity contribution in [3.05, 3.63) is 158 Å². The summed E-state index contributed by atoms with van der Waals surface area (Å²) >= 11 is 0. The second-order valence-corrected chi connectivity index (χ2v) is 12.0. The third kappa shape index (κ3) is 3.92. The molecule has 0 saturated carbocycles. The number of para-hydroxylation sites is 1. The smallest absolute Gasteiger partial charge is 0.164 e. The summed E-state index contributed by atoms with van der Waals surface area (Å²) in [5.41, 5.74) is 11.5. The number of nitrogens with zero attached hydrogens (tertiary/aromatic N) is 4. The maximum Gasteiger partial charge on any atom is 0.164 e. The van der Waals surface area contributed by atoms with E-state index in [1.54, 1.807) is 0 Å². The van der Waals surface area contributed by atoms with Crippen LogP contribution in [0, 0.1) is 0 Å². The molecule has 47 heavy (non-hydrogen) atoms. The van der Waals surface area contributed by atoms with Gasteiger partial charge in [-0.25, -0.2) is 15.0 Å². The quantitative estimate of drug-likeness (QED) is 0.202. The fourth-order valence-corrected chi connectivity index (χ4v) is 7.34. The minimum Gasteiger partial charge on any atom is -0.309 e. The van der Waals surface area contributed by atoms with Gasteiger partial charge in [0.05, 0.1) is 11.0 Å². The molecule has 7 aromatic carbocycles. The normalized spacial score (nSPS) is 11.8. The van der Waals surface area contributed by atoms with Gasteiger partial charge in [-0.2, -0.15) is 0 Å². The molecule has 0 unspecified atom stereocenters. The van der Waals surface area contributed by atoms with Crippen LogP contribution >= 0.6 is 0 Å². The summed E-state index contributed by atoms with van der Waals surface area (Å²) in [5, 5.41) is 5.15. The largest absolute Gasteiger partial charge is 0.309 e. The number of benzene rings is 7. The zero-order valence-electron chi connectivity index (χ0n) is 25.3. The molecule has 0 bridgehead atoms. The van der Waals surface area contributed by atoms with E-state index in [1.165, 1.54) is 54.8 Å². The summed E-state index contributed by atoms with van der Waals surface area (Å²) in [5.74, 6) is 1.95. The Bertz CT molecular complexity index is 2610. The molecule has 2 heterocycles. The van der Waals surface area contributed by atoms with Crippen molar-refractivity contribution in [1.29, 1.82) is 0 Å². The Morgan fingerprint density at radius 2 is 0.979 bits per heavy atom. The molecular weight excluding hydrogens is 573 g/mol. The minimum atomic E-state index is 0.642. The summed E-state index contributed by atoms with van der Waals surface area (Å²) in [4.78, 5) is 14.9.